The SMILES string of the molecule is CCC1CSC(CC(=N)N)(Cc2c(Cl)cc(Cl)cc2Cl)SC1. The highest BCUT2D eigenvalue weighted by Gasteiger charge is 2.38. The van der Waals surface area contributed by atoms with E-state index in [2.05, 4.69) is 6.92 Å². The number of benzene rings is 1. The van der Waals surface area contributed by atoms with Gasteiger partial charge < -0.3 is 5.73 Å². The van der Waals surface area contributed by atoms with Crippen molar-refractivity contribution in [3.8, 4) is 0 Å². The molecule has 1 aliphatic heterocycles. The molecule has 1 aromatic carbocycles. The second-order valence-corrected chi connectivity index (χ2v) is 9.85. The van der Waals surface area contributed by atoms with Gasteiger partial charge in [-0.25, -0.2) is 0 Å². The molecule has 1 heterocycles. The Hall–Kier alpha value is 0.260. The number of thioether (sulfide) groups is 2. The van der Waals surface area contributed by atoms with E-state index in [0.29, 0.717) is 33.8 Å². The van der Waals surface area contributed by atoms with E-state index in [9.17, 15) is 0 Å². The first kappa shape index (κ1) is 18.6. The van der Waals surface area contributed by atoms with Gasteiger partial charge in [0.1, 0.15) is 0 Å². The summed E-state index contributed by atoms with van der Waals surface area (Å²) in [6, 6.07) is 3.44. The van der Waals surface area contributed by atoms with Gasteiger partial charge in [0.15, 0.2) is 0 Å². The average Bonchev–Trinajstić information content (AvgIpc) is 2.43. The van der Waals surface area contributed by atoms with Crippen LogP contribution in [0.1, 0.15) is 25.3 Å². The Labute approximate surface area is 155 Å². The summed E-state index contributed by atoms with van der Waals surface area (Å²) in [4.78, 5) is 0. The summed E-state index contributed by atoms with van der Waals surface area (Å²) >= 11 is 22.4. The van der Waals surface area contributed by atoms with Crippen LogP contribution < -0.4 is 5.73 Å². The van der Waals surface area contributed by atoms with Crippen molar-refractivity contribution in [2.45, 2.75) is 30.3 Å². The summed E-state index contributed by atoms with van der Waals surface area (Å²) in [5.74, 6) is 3.08. The van der Waals surface area contributed by atoms with Crippen LogP contribution in [0, 0.1) is 11.3 Å². The first-order chi connectivity index (χ1) is 10.3. The third-order valence-electron chi connectivity index (χ3n) is 3.75. The van der Waals surface area contributed by atoms with Gasteiger partial charge in [0, 0.05) is 21.5 Å². The average molecular weight is 398 g/mol. The third kappa shape index (κ3) is 4.64. The first-order valence-corrected chi connectivity index (χ1v) is 10.2. The minimum atomic E-state index is -0.168. The van der Waals surface area contributed by atoms with E-state index in [-0.39, 0.29) is 9.91 Å². The Balaban J connectivity index is 2.26. The zero-order chi connectivity index (χ0) is 16.3. The fraction of sp³-hybridized carbons (Fsp3) is 0.533. The van der Waals surface area contributed by atoms with Crippen molar-refractivity contribution in [1.29, 1.82) is 5.41 Å². The number of halogens is 3. The highest BCUT2D eigenvalue weighted by Crippen LogP contribution is 2.50. The van der Waals surface area contributed by atoms with Crippen molar-refractivity contribution in [2.75, 3.05) is 11.5 Å². The van der Waals surface area contributed by atoms with E-state index in [1.165, 1.54) is 6.42 Å². The molecule has 7 heteroatoms. The molecular formula is C15H19Cl3N2S2. The van der Waals surface area contributed by atoms with Gasteiger partial charge in [-0.15, -0.1) is 23.5 Å². The van der Waals surface area contributed by atoms with Crippen molar-refractivity contribution in [3.05, 3.63) is 32.8 Å². The smallest absolute Gasteiger partial charge is 0.0928 e. The normalized spacial score (nSPS) is 25.2. The molecule has 0 bridgehead atoms. The predicted octanol–water partition coefficient (Wildman–Crippen LogP) is 5.72. The summed E-state index contributed by atoms with van der Waals surface area (Å²) < 4.78 is -0.168. The molecule has 1 aliphatic rings. The lowest BCUT2D eigenvalue weighted by molar-refractivity contribution is 0.631. The maximum Gasteiger partial charge on any atom is 0.0928 e. The van der Waals surface area contributed by atoms with Crippen LogP contribution in [-0.4, -0.2) is 21.4 Å². The maximum atomic E-state index is 7.72. The molecule has 22 heavy (non-hydrogen) atoms. The number of hydrogen-bond donors (Lipinski definition) is 2. The van der Waals surface area contributed by atoms with Crippen LogP contribution in [0.25, 0.3) is 0 Å². The van der Waals surface area contributed by atoms with Crippen LogP contribution in [0.4, 0.5) is 0 Å². The van der Waals surface area contributed by atoms with Crippen LogP contribution in [0.5, 0.6) is 0 Å². The molecule has 2 rings (SSSR count). The zero-order valence-electron chi connectivity index (χ0n) is 12.3. The lowest BCUT2D eigenvalue weighted by Gasteiger charge is -2.39. The zero-order valence-corrected chi connectivity index (χ0v) is 16.2. The van der Waals surface area contributed by atoms with Crippen molar-refractivity contribution in [1.82, 2.24) is 0 Å². The summed E-state index contributed by atoms with van der Waals surface area (Å²) in [6.45, 7) is 2.22. The number of hydrogen-bond acceptors (Lipinski definition) is 3. The van der Waals surface area contributed by atoms with Crippen LogP contribution in [0.3, 0.4) is 0 Å². The molecule has 3 N–H and O–H groups in total. The van der Waals surface area contributed by atoms with E-state index < -0.39 is 0 Å². The first-order valence-electron chi connectivity index (χ1n) is 7.09. The standard InChI is InChI=1S/C15H19Cl3N2S2/c1-2-9-7-21-15(22-8-9,6-14(19)20)5-11-12(17)3-10(16)4-13(11)18/h3-4,9H,2,5-8H2,1H3,(H3,19,20). The summed E-state index contributed by atoms with van der Waals surface area (Å²) in [6.07, 6.45) is 2.40. The molecule has 1 saturated heterocycles. The van der Waals surface area contributed by atoms with Crippen molar-refractivity contribution in [2.24, 2.45) is 11.7 Å². The highest BCUT2D eigenvalue weighted by atomic mass is 35.5. The Kier molecular flexibility index (Phi) is 6.67. The van der Waals surface area contributed by atoms with Gasteiger partial charge in [-0.2, -0.15) is 0 Å². The second kappa shape index (κ2) is 7.89. The van der Waals surface area contributed by atoms with E-state index in [1.807, 2.05) is 23.5 Å². The largest absolute Gasteiger partial charge is 0.388 e. The Morgan fingerprint density at radius 1 is 1.27 bits per heavy atom. The minimum Gasteiger partial charge on any atom is -0.388 e. The number of rotatable bonds is 5. The molecule has 0 aromatic heterocycles. The molecule has 2 nitrogen and oxygen atoms in total. The number of nitrogens with two attached hydrogens (primary N) is 1. The van der Waals surface area contributed by atoms with Gasteiger partial charge in [-0.1, -0.05) is 48.1 Å². The summed E-state index contributed by atoms with van der Waals surface area (Å²) in [5.41, 5.74) is 6.59. The quantitative estimate of drug-likeness (QED) is 0.493. The molecule has 1 fully saturated rings. The fourth-order valence-corrected chi connectivity index (χ4v) is 7.07. The third-order valence-corrected chi connectivity index (χ3v) is 8.26. The number of nitrogens with one attached hydrogen (secondary N) is 1. The Morgan fingerprint density at radius 2 is 1.82 bits per heavy atom. The van der Waals surface area contributed by atoms with Crippen LogP contribution >= 0.6 is 58.3 Å². The molecule has 0 radical (unpaired) electrons. The van der Waals surface area contributed by atoms with Gasteiger partial charge in [0.2, 0.25) is 0 Å². The molecule has 122 valence electrons. The van der Waals surface area contributed by atoms with Crippen molar-refractivity contribution in [3.63, 3.8) is 0 Å². The molecule has 0 aliphatic carbocycles. The van der Waals surface area contributed by atoms with Crippen LogP contribution in [0.15, 0.2) is 12.1 Å². The lowest BCUT2D eigenvalue weighted by atomic mass is 10.1. The fourth-order valence-electron chi connectivity index (χ4n) is 2.43. The molecule has 0 unspecified atom stereocenters. The maximum absolute atomic E-state index is 7.72. The van der Waals surface area contributed by atoms with E-state index in [4.69, 9.17) is 45.9 Å². The topological polar surface area (TPSA) is 49.9 Å². The molecule has 0 atom stereocenters. The second-order valence-electron chi connectivity index (χ2n) is 5.53. The molecule has 0 amide bonds. The van der Waals surface area contributed by atoms with Crippen LogP contribution in [0.2, 0.25) is 15.1 Å². The molecular weight excluding hydrogens is 379 g/mol. The monoisotopic (exact) mass is 396 g/mol. The van der Waals surface area contributed by atoms with Gasteiger partial charge in [-0.3, -0.25) is 5.41 Å². The van der Waals surface area contributed by atoms with Crippen molar-refractivity contribution < 1.29 is 0 Å². The minimum absolute atomic E-state index is 0.168. The highest BCUT2D eigenvalue weighted by molar-refractivity contribution is 8.18. The summed E-state index contributed by atoms with van der Waals surface area (Å²) in [5, 5.41) is 9.42. The van der Waals surface area contributed by atoms with Gasteiger partial charge in [-0.05, 0) is 41.5 Å². The predicted molar refractivity (Wildman–Crippen MR) is 103 cm³/mol. The van der Waals surface area contributed by atoms with E-state index >= 15 is 0 Å². The van der Waals surface area contributed by atoms with E-state index in [1.54, 1.807) is 12.1 Å². The van der Waals surface area contributed by atoms with Crippen LogP contribution in [-0.2, 0) is 6.42 Å². The lowest BCUT2D eigenvalue weighted by Crippen LogP contribution is -2.35. The van der Waals surface area contributed by atoms with Gasteiger partial charge >= 0.3 is 0 Å². The van der Waals surface area contributed by atoms with Gasteiger partial charge in [0.05, 0.1) is 9.91 Å². The Bertz CT molecular complexity index is 535. The van der Waals surface area contributed by atoms with Gasteiger partial charge in [0.25, 0.3) is 0 Å². The Morgan fingerprint density at radius 3 is 2.27 bits per heavy atom. The molecule has 0 saturated carbocycles. The molecule has 0 spiro atoms. The van der Waals surface area contributed by atoms with Crippen molar-refractivity contribution >= 4 is 64.2 Å². The summed E-state index contributed by atoms with van der Waals surface area (Å²) in [7, 11) is 0. The van der Waals surface area contributed by atoms with E-state index in [0.717, 1.165) is 17.1 Å². The number of amidine groups is 1. The molecule has 1 aromatic rings.